The molecule has 0 aliphatic rings. The monoisotopic (exact) mass is 461 g/mol. The number of amides is 1. The summed E-state index contributed by atoms with van der Waals surface area (Å²) < 4.78 is 19.6. The van der Waals surface area contributed by atoms with Crippen molar-refractivity contribution in [1.29, 1.82) is 0 Å². The highest BCUT2D eigenvalue weighted by Gasteiger charge is 2.26. The van der Waals surface area contributed by atoms with E-state index in [9.17, 15) is 9.18 Å². The van der Waals surface area contributed by atoms with Crippen LogP contribution < -0.4 is 4.74 Å². The van der Waals surface area contributed by atoms with Crippen LogP contribution in [0.3, 0.4) is 0 Å². The second-order valence-electron chi connectivity index (χ2n) is 8.41. The summed E-state index contributed by atoms with van der Waals surface area (Å²) in [6.07, 6.45) is 5.24. The molecule has 7 nitrogen and oxygen atoms in total. The molecule has 0 saturated heterocycles. The van der Waals surface area contributed by atoms with Crippen LogP contribution in [0.25, 0.3) is 22.0 Å². The largest absolute Gasteiger partial charge is 0.493 e. The summed E-state index contributed by atoms with van der Waals surface area (Å²) >= 11 is 0. The summed E-state index contributed by atoms with van der Waals surface area (Å²) in [7, 11) is 5.71. The van der Waals surface area contributed by atoms with Gasteiger partial charge >= 0.3 is 0 Å². The maximum Gasteiger partial charge on any atom is 0.254 e. The van der Waals surface area contributed by atoms with E-state index in [1.165, 1.54) is 12.1 Å². The van der Waals surface area contributed by atoms with Crippen molar-refractivity contribution in [2.45, 2.75) is 13.0 Å². The summed E-state index contributed by atoms with van der Waals surface area (Å²) in [6.45, 7) is 2.90. The minimum Gasteiger partial charge on any atom is -0.493 e. The third-order valence-corrected chi connectivity index (χ3v) is 5.73. The number of hydrogen-bond acceptors (Lipinski definition) is 5. The number of hydrogen-bond donors (Lipinski definition) is 1. The molecule has 0 aliphatic heterocycles. The molecular weight excluding hydrogens is 433 g/mol. The predicted octanol–water partition coefficient (Wildman–Crippen LogP) is 4.54. The lowest BCUT2D eigenvalue weighted by Crippen LogP contribution is -2.37. The molecule has 4 aromatic rings. The molecule has 1 atom stereocenters. The molecule has 0 aliphatic carbocycles. The summed E-state index contributed by atoms with van der Waals surface area (Å²) in [6, 6.07) is 11.3. The van der Waals surface area contributed by atoms with Gasteiger partial charge in [0.15, 0.2) is 0 Å². The number of ether oxygens (including phenoxy) is 1. The highest BCUT2D eigenvalue weighted by Crippen LogP contribution is 2.33. The Morgan fingerprint density at radius 2 is 1.94 bits per heavy atom. The Balaban J connectivity index is 1.71. The molecule has 2 heterocycles. The Bertz CT molecular complexity index is 1300. The standard InChI is InChI=1S/C26H28FN5O2/c1-5-34-24-12-18(9-10-21(24)17-7-6-8-20(27)11-17)26(33)32(4)23(16-31(2)3)22-15-28-13-19-14-29-30-25(19)22/h6-15,23H,5,16H2,1-4H3,(H,29,30)/t23-/m1/s1. The fraction of sp³-hybridized carbons (Fsp3) is 0.269. The molecule has 34 heavy (non-hydrogen) atoms. The first-order chi connectivity index (χ1) is 16.4. The molecule has 1 N–H and O–H groups in total. The van der Waals surface area contributed by atoms with E-state index < -0.39 is 0 Å². The van der Waals surface area contributed by atoms with Gasteiger partial charge in [0, 0.05) is 48.1 Å². The fourth-order valence-electron chi connectivity index (χ4n) is 4.08. The number of pyridine rings is 1. The quantitative estimate of drug-likeness (QED) is 0.417. The normalized spacial score (nSPS) is 12.2. The third kappa shape index (κ3) is 4.77. The molecule has 0 fully saturated rings. The number of nitrogens with one attached hydrogen (secondary N) is 1. The van der Waals surface area contributed by atoms with Gasteiger partial charge < -0.3 is 14.5 Å². The van der Waals surface area contributed by atoms with E-state index in [2.05, 4.69) is 15.2 Å². The number of aromatic nitrogens is 3. The van der Waals surface area contributed by atoms with Gasteiger partial charge in [0.2, 0.25) is 0 Å². The SMILES string of the molecule is CCOc1cc(C(=O)N(C)[C@H](CN(C)C)c2cncc3cn[nH]c23)ccc1-c1cccc(F)c1. The van der Waals surface area contributed by atoms with Gasteiger partial charge in [-0.05, 0) is 56.9 Å². The number of likely N-dealkylation sites (N-methyl/N-ethyl adjacent to an activating group) is 2. The topological polar surface area (TPSA) is 74.3 Å². The van der Waals surface area contributed by atoms with E-state index in [4.69, 9.17) is 4.74 Å². The minimum atomic E-state index is -0.326. The molecule has 2 aromatic carbocycles. The maximum atomic E-state index is 13.8. The van der Waals surface area contributed by atoms with E-state index in [1.54, 1.807) is 54.8 Å². The van der Waals surface area contributed by atoms with Crippen LogP contribution in [-0.4, -0.2) is 65.2 Å². The van der Waals surface area contributed by atoms with Crippen LogP contribution in [0.5, 0.6) is 5.75 Å². The summed E-state index contributed by atoms with van der Waals surface area (Å²) in [5.74, 6) is 0.0527. The number of rotatable bonds is 8. The zero-order chi connectivity index (χ0) is 24.2. The van der Waals surface area contributed by atoms with Crippen molar-refractivity contribution in [3.05, 3.63) is 78.0 Å². The van der Waals surface area contributed by atoms with Crippen molar-refractivity contribution in [1.82, 2.24) is 25.0 Å². The van der Waals surface area contributed by atoms with Crippen LogP contribution in [0.4, 0.5) is 4.39 Å². The zero-order valence-electron chi connectivity index (χ0n) is 19.7. The number of nitrogens with zero attached hydrogens (tertiary/aromatic N) is 4. The molecule has 0 saturated carbocycles. The van der Waals surface area contributed by atoms with Crippen LogP contribution in [0.2, 0.25) is 0 Å². The average molecular weight is 462 g/mol. The van der Waals surface area contributed by atoms with Crippen molar-refractivity contribution in [3.63, 3.8) is 0 Å². The van der Waals surface area contributed by atoms with Crippen LogP contribution in [0.1, 0.15) is 28.9 Å². The van der Waals surface area contributed by atoms with Gasteiger partial charge in [-0.1, -0.05) is 12.1 Å². The highest BCUT2D eigenvalue weighted by molar-refractivity contribution is 5.96. The molecule has 8 heteroatoms. The Hall–Kier alpha value is -3.78. The van der Waals surface area contributed by atoms with Crippen molar-refractivity contribution in [2.75, 3.05) is 34.3 Å². The molecular formula is C26H28FN5O2. The second kappa shape index (κ2) is 10.0. The van der Waals surface area contributed by atoms with Crippen LogP contribution >= 0.6 is 0 Å². The molecule has 2 aromatic heterocycles. The summed E-state index contributed by atoms with van der Waals surface area (Å²) in [5.41, 5.74) is 3.66. The lowest BCUT2D eigenvalue weighted by Gasteiger charge is -2.31. The fourth-order valence-corrected chi connectivity index (χ4v) is 4.08. The first-order valence-electron chi connectivity index (χ1n) is 11.1. The van der Waals surface area contributed by atoms with Gasteiger partial charge in [-0.2, -0.15) is 5.10 Å². The van der Waals surface area contributed by atoms with E-state index >= 15 is 0 Å². The number of H-pyrrole nitrogens is 1. The Morgan fingerprint density at radius 1 is 1.12 bits per heavy atom. The van der Waals surface area contributed by atoms with Gasteiger partial charge in [0.1, 0.15) is 11.6 Å². The number of halogens is 1. The van der Waals surface area contributed by atoms with Crippen molar-refractivity contribution in [3.8, 4) is 16.9 Å². The van der Waals surface area contributed by atoms with Gasteiger partial charge in [0.25, 0.3) is 5.91 Å². The van der Waals surface area contributed by atoms with Crippen molar-refractivity contribution in [2.24, 2.45) is 0 Å². The predicted molar refractivity (Wildman–Crippen MR) is 130 cm³/mol. The number of carbonyl (C=O) groups is 1. The molecule has 4 rings (SSSR count). The maximum absolute atomic E-state index is 13.8. The van der Waals surface area contributed by atoms with E-state index in [1.807, 2.05) is 32.0 Å². The van der Waals surface area contributed by atoms with Gasteiger partial charge in [-0.3, -0.25) is 14.9 Å². The summed E-state index contributed by atoms with van der Waals surface area (Å²) in [4.78, 5) is 21.7. The second-order valence-corrected chi connectivity index (χ2v) is 8.41. The van der Waals surface area contributed by atoms with Crippen LogP contribution in [-0.2, 0) is 0 Å². The third-order valence-electron chi connectivity index (χ3n) is 5.73. The Labute approximate surface area is 198 Å². The van der Waals surface area contributed by atoms with Crippen LogP contribution in [0, 0.1) is 5.82 Å². The van der Waals surface area contributed by atoms with Crippen LogP contribution in [0.15, 0.2) is 61.1 Å². The van der Waals surface area contributed by atoms with Gasteiger partial charge in [0.05, 0.1) is 24.4 Å². The molecule has 0 unspecified atom stereocenters. The lowest BCUT2D eigenvalue weighted by molar-refractivity contribution is 0.0706. The van der Waals surface area contributed by atoms with Crippen molar-refractivity contribution < 1.29 is 13.9 Å². The number of aromatic amines is 1. The Kier molecular flexibility index (Phi) is 6.88. The van der Waals surface area contributed by atoms with E-state index in [0.717, 1.165) is 22.0 Å². The molecule has 0 radical (unpaired) electrons. The van der Waals surface area contributed by atoms with Gasteiger partial charge in [-0.15, -0.1) is 0 Å². The first-order valence-corrected chi connectivity index (χ1v) is 11.1. The smallest absolute Gasteiger partial charge is 0.254 e. The molecule has 0 spiro atoms. The van der Waals surface area contributed by atoms with Gasteiger partial charge in [-0.25, -0.2) is 4.39 Å². The summed E-state index contributed by atoms with van der Waals surface area (Å²) in [5, 5.41) is 8.06. The minimum absolute atomic E-state index is 0.157. The number of fused-ring (bicyclic) bond motifs is 1. The lowest BCUT2D eigenvalue weighted by atomic mass is 10.0. The van der Waals surface area contributed by atoms with Crippen molar-refractivity contribution >= 4 is 16.8 Å². The van der Waals surface area contributed by atoms with E-state index in [-0.39, 0.29) is 17.8 Å². The molecule has 176 valence electrons. The van der Waals surface area contributed by atoms with E-state index in [0.29, 0.717) is 30.0 Å². The number of carbonyl (C=O) groups excluding carboxylic acids is 1. The highest BCUT2D eigenvalue weighted by atomic mass is 19.1. The Morgan fingerprint density at radius 3 is 2.68 bits per heavy atom. The number of benzene rings is 2. The first kappa shape index (κ1) is 23.4. The average Bonchev–Trinajstić information content (AvgIpc) is 3.31. The molecule has 0 bridgehead atoms. The molecule has 1 amide bonds. The zero-order valence-corrected chi connectivity index (χ0v) is 19.7.